The van der Waals surface area contributed by atoms with E-state index in [0.717, 1.165) is 6.26 Å². The van der Waals surface area contributed by atoms with E-state index in [4.69, 9.17) is 30.2 Å². The molecule has 2 aromatic carbocycles. The molecule has 8 heteroatoms. The number of rotatable bonds is 4. The molecule has 1 aromatic heterocycles. The van der Waals surface area contributed by atoms with Gasteiger partial charge >= 0.3 is 11.9 Å². The van der Waals surface area contributed by atoms with Gasteiger partial charge in [-0.2, -0.15) is 0 Å². The first-order valence-electron chi connectivity index (χ1n) is 7.73. The average molecular weight is 389 g/mol. The van der Waals surface area contributed by atoms with E-state index < -0.39 is 17.4 Å². The summed E-state index contributed by atoms with van der Waals surface area (Å²) in [6, 6.07) is 8.99. The Labute approximate surface area is 158 Å². The van der Waals surface area contributed by atoms with Gasteiger partial charge in [-0.05, 0) is 24.3 Å². The summed E-state index contributed by atoms with van der Waals surface area (Å²) >= 11 is 5.82. The Morgan fingerprint density at radius 1 is 0.926 bits per heavy atom. The van der Waals surface area contributed by atoms with E-state index in [2.05, 4.69) is 0 Å². The van der Waals surface area contributed by atoms with Crippen LogP contribution in [0.25, 0.3) is 11.0 Å². The highest BCUT2D eigenvalue weighted by atomic mass is 35.5. The Bertz CT molecular complexity index is 1080. The maximum atomic E-state index is 12.8. The number of ether oxygens (including phenoxy) is 3. The number of fused-ring (bicyclic) bond motifs is 1. The molecule has 138 valence electrons. The summed E-state index contributed by atoms with van der Waals surface area (Å²) in [6.07, 6.45) is 1.12. The van der Waals surface area contributed by atoms with Crippen LogP contribution in [0.5, 0.6) is 23.0 Å². The van der Waals surface area contributed by atoms with Crippen molar-refractivity contribution in [1.29, 1.82) is 0 Å². The molecular weight excluding hydrogens is 376 g/mol. The molecule has 1 heterocycles. The third-order valence-electron chi connectivity index (χ3n) is 3.34. The normalized spacial score (nSPS) is 10.5. The van der Waals surface area contributed by atoms with Crippen LogP contribution in [-0.4, -0.2) is 11.9 Å². The molecule has 0 saturated carbocycles. The summed E-state index contributed by atoms with van der Waals surface area (Å²) < 4.78 is 21.0. The quantitative estimate of drug-likeness (QED) is 0.491. The van der Waals surface area contributed by atoms with Gasteiger partial charge in [0.15, 0.2) is 0 Å². The molecule has 0 spiro atoms. The predicted octanol–water partition coefficient (Wildman–Crippen LogP) is 4.09. The lowest BCUT2D eigenvalue weighted by Gasteiger charge is -2.10. The van der Waals surface area contributed by atoms with E-state index in [-0.39, 0.29) is 28.2 Å². The molecule has 0 aliphatic carbocycles. The Morgan fingerprint density at radius 3 is 2.22 bits per heavy atom. The highest BCUT2D eigenvalue weighted by Crippen LogP contribution is 2.32. The summed E-state index contributed by atoms with van der Waals surface area (Å²) in [4.78, 5) is 35.4. The van der Waals surface area contributed by atoms with Crippen molar-refractivity contribution in [2.75, 3.05) is 0 Å². The zero-order valence-electron chi connectivity index (χ0n) is 14.3. The van der Waals surface area contributed by atoms with Crippen molar-refractivity contribution < 1.29 is 28.2 Å². The third-order valence-corrected chi connectivity index (χ3v) is 3.59. The van der Waals surface area contributed by atoms with Crippen molar-refractivity contribution in [2.45, 2.75) is 13.8 Å². The number of carbonyl (C=O) groups is 2. The Hall–Kier alpha value is -3.32. The van der Waals surface area contributed by atoms with Crippen molar-refractivity contribution in [1.82, 2.24) is 0 Å². The first-order valence-corrected chi connectivity index (χ1v) is 8.11. The number of carbonyl (C=O) groups excluding carboxylic acids is 2. The minimum absolute atomic E-state index is 0.0208. The van der Waals surface area contributed by atoms with Gasteiger partial charge in [0.05, 0.1) is 0 Å². The molecule has 0 bridgehead atoms. The number of esters is 2. The maximum absolute atomic E-state index is 12.8. The lowest BCUT2D eigenvalue weighted by Crippen LogP contribution is -2.10. The molecule has 27 heavy (non-hydrogen) atoms. The fraction of sp³-hybridized carbons (Fsp3) is 0.105. The van der Waals surface area contributed by atoms with Gasteiger partial charge in [0.25, 0.3) is 0 Å². The summed E-state index contributed by atoms with van der Waals surface area (Å²) in [7, 11) is 0. The van der Waals surface area contributed by atoms with Crippen LogP contribution in [0.15, 0.2) is 51.9 Å². The molecule has 0 N–H and O–H groups in total. The van der Waals surface area contributed by atoms with Crippen molar-refractivity contribution in [3.63, 3.8) is 0 Å². The summed E-state index contributed by atoms with van der Waals surface area (Å²) in [5.41, 5.74) is -0.490. The summed E-state index contributed by atoms with van der Waals surface area (Å²) in [5, 5.41) is 0.496. The SMILES string of the molecule is CC(=O)Oc1cc(OC(C)=O)c2c(=O)c(Oc3ccc(Cl)cc3)coc2c1. The topological polar surface area (TPSA) is 92.0 Å². The van der Waals surface area contributed by atoms with E-state index in [1.165, 1.54) is 26.0 Å². The Balaban J connectivity index is 2.12. The second-order valence-corrected chi connectivity index (χ2v) is 5.90. The fourth-order valence-corrected chi connectivity index (χ4v) is 2.46. The number of hydrogen-bond donors (Lipinski definition) is 0. The largest absolute Gasteiger partial charge is 0.460 e. The number of benzene rings is 2. The van der Waals surface area contributed by atoms with Gasteiger partial charge in [0.2, 0.25) is 11.2 Å². The van der Waals surface area contributed by atoms with Gasteiger partial charge in [-0.15, -0.1) is 0 Å². The van der Waals surface area contributed by atoms with E-state index >= 15 is 0 Å². The van der Waals surface area contributed by atoms with Gasteiger partial charge in [0.1, 0.15) is 34.5 Å². The highest BCUT2D eigenvalue weighted by molar-refractivity contribution is 6.30. The number of halogens is 1. The molecular formula is C19H13ClO7. The molecule has 0 saturated heterocycles. The lowest BCUT2D eigenvalue weighted by molar-refractivity contribution is -0.132. The predicted molar refractivity (Wildman–Crippen MR) is 96.6 cm³/mol. The smallest absolute Gasteiger partial charge is 0.308 e. The van der Waals surface area contributed by atoms with Crippen molar-refractivity contribution >= 4 is 34.5 Å². The number of hydrogen-bond acceptors (Lipinski definition) is 7. The van der Waals surface area contributed by atoms with Crippen molar-refractivity contribution in [2.24, 2.45) is 0 Å². The van der Waals surface area contributed by atoms with Crippen molar-refractivity contribution in [3.05, 3.63) is 57.9 Å². The lowest BCUT2D eigenvalue weighted by atomic mass is 10.2. The van der Waals surface area contributed by atoms with Crippen LogP contribution < -0.4 is 19.6 Å². The minimum atomic E-state index is -0.653. The maximum Gasteiger partial charge on any atom is 0.308 e. The first-order chi connectivity index (χ1) is 12.8. The second kappa shape index (κ2) is 7.51. The minimum Gasteiger partial charge on any atom is -0.460 e. The van der Waals surface area contributed by atoms with Crippen molar-refractivity contribution in [3.8, 4) is 23.0 Å². The Morgan fingerprint density at radius 2 is 1.59 bits per heavy atom. The van der Waals surface area contributed by atoms with Gasteiger partial charge in [-0.25, -0.2) is 0 Å². The monoisotopic (exact) mass is 388 g/mol. The molecule has 0 aliphatic rings. The van der Waals surface area contributed by atoms with E-state index in [1.54, 1.807) is 24.3 Å². The standard InChI is InChI=1S/C19H13ClO7/c1-10(21)25-14-7-15-18(16(8-14)26-11(2)22)19(23)17(9-24-15)27-13-5-3-12(20)4-6-13/h3-9H,1-2H3. The van der Waals surface area contributed by atoms with Gasteiger partial charge < -0.3 is 18.6 Å². The van der Waals surface area contributed by atoms with Crippen LogP contribution in [0.4, 0.5) is 0 Å². The highest BCUT2D eigenvalue weighted by Gasteiger charge is 2.18. The Kier molecular flexibility index (Phi) is 5.14. The molecule has 0 radical (unpaired) electrons. The third kappa shape index (κ3) is 4.27. The average Bonchev–Trinajstić information content (AvgIpc) is 2.58. The van der Waals surface area contributed by atoms with E-state index in [9.17, 15) is 14.4 Å². The molecule has 0 fully saturated rings. The van der Waals surface area contributed by atoms with Crippen LogP contribution in [-0.2, 0) is 9.59 Å². The zero-order chi connectivity index (χ0) is 19.6. The molecule has 0 aliphatic heterocycles. The van der Waals surface area contributed by atoms with Crippen LogP contribution in [0.2, 0.25) is 5.02 Å². The molecule has 3 aromatic rings. The van der Waals surface area contributed by atoms with Crippen LogP contribution >= 0.6 is 11.6 Å². The molecule has 0 unspecified atom stereocenters. The van der Waals surface area contributed by atoms with E-state index in [0.29, 0.717) is 10.8 Å². The van der Waals surface area contributed by atoms with Crippen LogP contribution in [0.3, 0.4) is 0 Å². The van der Waals surface area contributed by atoms with Crippen LogP contribution in [0.1, 0.15) is 13.8 Å². The van der Waals surface area contributed by atoms with Gasteiger partial charge in [-0.1, -0.05) is 11.6 Å². The first kappa shape index (κ1) is 18.5. The fourth-order valence-electron chi connectivity index (χ4n) is 2.34. The molecule has 7 nitrogen and oxygen atoms in total. The van der Waals surface area contributed by atoms with Crippen LogP contribution in [0, 0.1) is 0 Å². The molecule has 3 rings (SSSR count). The van der Waals surface area contributed by atoms with Gasteiger partial charge in [-0.3, -0.25) is 14.4 Å². The van der Waals surface area contributed by atoms with Gasteiger partial charge in [0, 0.05) is 31.0 Å². The molecule has 0 amide bonds. The second-order valence-electron chi connectivity index (χ2n) is 5.47. The molecule has 0 atom stereocenters. The summed E-state index contributed by atoms with van der Waals surface area (Å²) in [6.45, 7) is 2.40. The zero-order valence-corrected chi connectivity index (χ0v) is 15.0. The summed E-state index contributed by atoms with van der Waals surface area (Å²) in [5.74, 6) is -1.00. The van der Waals surface area contributed by atoms with E-state index in [1.807, 2.05) is 0 Å².